The Labute approximate surface area is 478 Å². The number of methoxy groups -OCH3 is 6. The van der Waals surface area contributed by atoms with Gasteiger partial charge in [-0.1, -0.05) is 44.2 Å². The van der Waals surface area contributed by atoms with Crippen molar-refractivity contribution in [3.8, 4) is 29.4 Å². The van der Waals surface area contributed by atoms with Crippen LogP contribution in [-0.4, -0.2) is 127 Å². The molecule has 0 saturated heterocycles. The van der Waals surface area contributed by atoms with Crippen molar-refractivity contribution >= 4 is 119 Å². The molecule has 0 unspecified atom stereocenters. The molecule has 17 nitrogen and oxygen atoms in total. The van der Waals surface area contributed by atoms with E-state index in [1.54, 1.807) is 96.9 Å². The molecule has 5 heterocycles. The van der Waals surface area contributed by atoms with E-state index >= 15 is 0 Å². The third-order valence-electron chi connectivity index (χ3n) is 5.40. The molecule has 0 saturated carbocycles. The number of alkyl halides is 2. The van der Waals surface area contributed by atoms with Gasteiger partial charge in [-0.3, -0.25) is 4.39 Å². The monoisotopic (exact) mass is 1250 g/mol. The van der Waals surface area contributed by atoms with Crippen LogP contribution in [0, 0.1) is 0 Å². The molecule has 0 atom stereocenters. The van der Waals surface area contributed by atoms with Crippen LogP contribution in [0.15, 0.2) is 100 Å². The molecule has 0 amide bonds. The number of carbonyl (C=O) groups excluding carboxylic acids is 1. The van der Waals surface area contributed by atoms with Crippen LogP contribution in [0.4, 0.5) is 4.39 Å². The molecule has 0 aliphatic rings. The minimum absolute atomic E-state index is 0. The first kappa shape index (κ1) is 78.2. The quantitative estimate of drug-likeness (QED) is 0.0465. The zero-order chi connectivity index (χ0) is 54.4. The average molecular weight is 1260 g/mol. The van der Waals surface area contributed by atoms with Gasteiger partial charge >= 0.3 is 35.5 Å². The molecule has 387 valence electrons. The maximum atomic E-state index is 10.9. The van der Waals surface area contributed by atoms with Crippen molar-refractivity contribution in [1.82, 2.24) is 24.9 Å². The van der Waals surface area contributed by atoms with E-state index in [1.807, 2.05) is 36.4 Å². The summed E-state index contributed by atoms with van der Waals surface area (Å²) < 4.78 is 70.2. The van der Waals surface area contributed by atoms with Gasteiger partial charge in [0.2, 0.25) is 47.9 Å². The van der Waals surface area contributed by atoms with E-state index in [1.165, 1.54) is 14.2 Å². The first-order valence-electron chi connectivity index (χ1n) is 19.1. The van der Waals surface area contributed by atoms with Crippen LogP contribution in [0.1, 0.15) is 46.8 Å². The zero-order valence-corrected chi connectivity index (χ0v) is 49.9. The molecular formula is C40H58BBr2Cl5FN5NaO12S2. The second kappa shape index (κ2) is 63.8. The van der Waals surface area contributed by atoms with Crippen molar-refractivity contribution in [1.29, 1.82) is 0 Å². The fourth-order valence-electron chi connectivity index (χ4n) is 3.06. The minimum atomic E-state index is -1.67. The van der Waals surface area contributed by atoms with Crippen molar-refractivity contribution in [2.45, 2.75) is 33.2 Å². The maximum absolute atomic E-state index is 10.9. The Bertz CT molecular complexity index is 1870. The van der Waals surface area contributed by atoms with Gasteiger partial charge in [-0.15, -0.1) is 11.6 Å². The van der Waals surface area contributed by atoms with Crippen molar-refractivity contribution in [2.75, 3.05) is 63.5 Å². The van der Waals surface area contributed by atoms with Crippen LogP contribution in [-0.2, 0) is 35.7 Å². The second-order valence-corrected chi connectivity index (χ2v) is 16.3. The molecule has 0 aliphatic carbocycles. The van der Waals surface area contributed by atoms with E-state index in [0.29, 0.717) is 47.9 Å². The van der Waals surface area contributed by atoms with Crippen LogP contribution >= 0.6 is 86.2 Å². The molecule has 5 aromatic rings. The summed E-state index contributed by atoms with van der Waals surface area (Å²) in [5.74, 6) is 2.77. The molecule has 3 N–H and O–H groups in total. The number of ether oxygens (including phenoxy) is 6. The van der Waals surface area contributed by atoms with Gasteiger partial charge in [-0.2, -0.15) is 0 Å². The Morgan fingerprint density at radius 3 is 1.17 bits per heavy atom. The van der Waals surface area contributed by atoms with Crippen LogP contribution in [0.25, 0.3) is 0 Å². The number of rotatable bonds is 8. The third-order valence-corrected chi connectivity index (χ3v) is 6.56. The largest absolute Gasteiger partial charge is 1.00 e. The van der Waals surface area contributed by atoms with Crippen LogP contribution in [0.3, 0.4) is 0 Å². The summed E-state index contributed by atoms with van der Waals surface area (Å²) in [6.45, 7) is 4.18. The minimum Gasteiger partial charge on any atom is -1.00 e. The summed E-state index contributed by atoms with van der Waals surface area (Å²) >= 11 is 12.0. The predicted molar refractivity (Wildman–Crippen MR) is 282 cm³/mol. The Kier molecular flexibility index (Phi) is 72.4. The number of hydrogen-bond acceptors (Lipinski definition) is 17. The molecule has 69 heavy (non-hydrogen) atoms. The van der Waals surface area contributed by atoms with Crippen LogP contribution < -0.4 is 53.2 Å². The summed E-state index contributed by atoms with van der Waals surface area (Å²) in [4.78, 5) is 30.8. The van der Waals surface area contributed by atoms with Gasteiger partial charge in [-0.05, 0) is 69.1 Å². The molecule has 5 aromatic heterocycles. The van der Waals surface area contributed by atoms with Gasteiger partial charge in [0.25, 0.3) is 0 Å². The third kappa shape index (κ3) is 58.3. The van der Waals surface area contributed by atoms with Gasteiger partial charge in [0.15, 0.2) is 5.69 Å². The number of aliphatic hydroxyl groups is 3. The molecule has 0 fully saturated rings. The van der Waals surface area contributed by atoms with Crippen LogP contribution in [0.5, 0.6) is 29.4 Å². The van der Waals surface area contributed by atoms with E-state index in [4.69, 9.17) is 61.8 Å². The van der Waals surface area contributed by atoms with Crippen molar-refractivity contribution in [2.24, 2.45) is 0 Å². The molecule has 29 heteroatoms. The van der Waals surface area contributed by atoms with Gasteiger partial charge in [-0.25, -0.2) is 38.1 Å². The summed E-state index contributed by atoms with van der Waals surface area (Å²) in [7, 11) is 23.8. The topological polar surface area (TPSA) is 232 Å². The summed E-state index contributed by atoms with van der Waals surface area (Å²) in [6.07, 6.45) is 0. The molecule has 0 aliphatic heterocycles. The van der Waals surface area contributed by atoms with Crippen molar-refractivity contribution < 1.29 is 95.1 Å². The average Bonchev–Trinajstić information content (AvgIpc) is 3.35. The van der Waals surface area contributed by atoms with Gasteiger partial charge in [0.05, 0.1) is 75.1 Å². The van der Waals surface area contributed by atoms with Crippen molar-refractivity contribution in [3.63, 3.8) is 0 Å². The Morgan fingerprint density at radius 2 is 0.913 bits per heavy atom. The number of aliphatic hydroxyl groups excluding tert-OH is 3. The summed E-state index contributed by atoms with van der Waals surface area (Å²) in [6, 6.07) is 26.7. The zero-order valence-electron chi connectivity index (χ0n) is 42.4. The first-order valence-corrected chi connectivity index (χ1v) is 25.4. The molecule has 0 bridgehead atoms. The normalized spacial score (nSPS) is 8.61. The number of aromatic nitrogens is 5. The van der Waals surface area contributed by atoms with Crippen LogP contribution in [0.2, 0.25) is 0 Å². The van der Waals surface area contributed by atoms with E-state index < -0.39 is 31.6 Å². The molecular weight excluding hydrogens is 1200 g/mol. The fraction of sp³-hybridized carbons (Fsp3) is 0.350. The standard InChI is InChI=1S/C8H9NO3.C7H8ClNO.C7H9NO2.2C6H6BrNO.C2H6O.C2H6.CH3F.CH4O.B.2Cl2OS.Na.H/c1-11-7-5-3-4-6(9-7)8(10)12-2;1-10-7-4-2-3-6(5-8)9-7;1-10-7-4-2-3-6(5-9)8-7;2*1-9-6-4-2-3-5(7)8-6;1-2-3;3*1-2;;2*1-4(2)3;;/h3-5H,1-2H3;2-4H,5H2,1H3;2-4,9H,5H2,1H3;2*2-4H,1H3;3H,2H2,1H3;1-2H3;1H3;2H,1H3;;;;;/q;;;;;;;;;;;;+1;-1/i;;;;;;2*1D;;;;;;. The van der Waals surface area contributed by atoms with Gasteiger partial charge in [0.1, 0.15) is 9.21 Å². The van der Waals surface area contributed by atoms with Gasteiger partial charge < -0.3 is 45.2 Å². The number of esters is 1. The number of pyridine rings is 5. The molecule has 0 aromatic carbocycles. The number of carbonyl (C=O) groups is 1. The number of hydrogen-bond donors (Lipinski definition) is 3. The number of halogens is 8. The van der Waals surface area contributed by atoms with Crippen molar-refractivity contribution in [3.05, 3.63) is 117 Å². The Balaban J connectivity index is -0.0000000898. The molecule has 3 radical (unpaired) electrons. The predicted octanol–water partition coefficient (Wildman–Crippen LogP) is 7.03. The first-order chi connectivity index (χ1) is 32.9. The molecule has 0 spiro atoms. The van der Waals surface area contributed by atoms with E-state index in [9.17, 15) is 9.18 Å². The van der Waals surface area contributed by atoms with E-state index in [0.717, 1.165) is 22.0 Å². The summed E-state index contributed by atoms with van der Waals surface area (Å²) in [5.41, 5.74) is 1.71. The fourth-order valence-corrected chi connectivity index (χ4v) is 3.86. The molecule has 5 rings (SSSR count). The van der Waals surface area contributed by atoms with Gasteiger partial charge in [0, 0.05) is 96.6 Å². The Morgan fingerprint density at radius 1 is 0.652 bits per heavy atom. The number of nitrogens with zero attached hydrogens (tertiary/aromatic N) is 5. The van der Waals surface area contributed by atoms with E-state index in [2.05, 4.69) is 104 Å². The second-order valence-electron chi connectivity index (χ2n) is 9.38. The van der Waals surface area contributed by atoms with E-state index in [-0.39, 0.29) is 58.3 Å². The Hall–Kier alpha value is -2.20. The SMILES string of the molecule is CCO.CO.COC(=O)c1cccc(OC)n1.COc1cccc(Br)n1.COc1cccc(Br)n1.COc1cccc(CCl)n1.COc1cccc(CO)n1.O=S(Cl)Cl.O=S(Cl)Cl.[2H]CC.[2H]CF.[B].[H-].[Na+]. The summed E-state index contributed by atoms with van der Waals surface area (Å²) in [5, 5.41) is 23.2. The maximum Gasteiger partial charge on any atom is 1.00 e. The smallest absolute Gasteiger partial charge is 1.00 e.